The van der Waals surface area contributed by atoms with Crippen LogP contribution in [0.5, 0.6) is 0 Å². The van der Waals surface area contributed by atoms with Gasteiger partial charge in [-0.3, -0.25) is 4.99 Å². The third kappa shape index (κ3) is 18.5. The standard InChI is InChI=1S/C18H15P.C13H22N.2C5H10.ClH.2Fe.Pd/c1-4-10-16(11-5-1)19(17-12-6-2-7-13-17)18-14-8-3-9-15-18;1-11(13-8-4-5-9-13)14-10-12-6-2-3-7-12;2*1-2-4-5-3-1;;;;/h1-15H;6,10-13H,2-5,7-9H2,1H3;2*1-5H2;1H;;;/q;-1;;;;3*+2/p-1/t;11-,12?;;;;;;/m.0....../s1. The summed E-state index contributed by atoms with van der Waals surface area (Å²) in [5.74, 6) is 1.58. The number of hydrogen-bond donors (Lipinski definition) is 0. The van der Waals surface area contributed by atoms with Crippen LogP contribution in [-0.4, -0.2) is 12.3 Å². The topological polar surface area (TPSA) is 12.4 Å². The summed E-state index contributed by atoms with van der Waals surface area (Å²) in [6, 6.07) is 32.9. The molecule has 0 bridgehead atoms. The average Bonchev–Trinajstić information content (AvgIpc) is 3.96. The van der Waals surface area contributed by atoms with Gasteiger partial charge in [0.1, 0.15) is 0 Å². The molecule has 0 heterocycles. The second-order valence-electron chi connectivity index (χ2n) is 12.8. The molecule has 0 spiro atoms. The van der Waals surface area contributed by atoms with Gasteiger partial charge in [-0.05, 0) is 55.7 Å². The minimum Gasteiger partial charge on any atom is -0.0622 e. The van der Waals surface area contributed by atoms with E-state index in [0.29, 0.717) is 12.0 Å². The van der Waals surface area contributed by atoms with Gasteiger partial charge < -0.3 is 6.42 Å². The van der Waals surface area contributed by atoms with Gasteiger partial charge in [-0.15, -0.1) is 5.92 Å². The van der Waals surface area contributed by atoms with E-state index in [-0.39, 0.29) is 34.1 Å². The molecule has 0 aliphatic heterocycles. The van der Waals surface area contributed by atoms with Gasteiger partial charge >= 0.3 is 61.8 Å². The van der Waals surface area contributed by atoms with Crippen molar-refractivity contribution in [2.75, 3.05) is 0 Å². The molecule has 6 heteroatoms. The summed E-state index contributed by atoms with van der Waals surface area (Å²) >= 11 is 2.22. The first-order valence-corrected chi connectivity index (χ1v) is 21.1. The maximum Gasteiger partial charge on any atom is 2.00 e. The van der Waals surface area contributed by atoms with Crippen LogP contribution in [0.1, 0.15) is 116 Å². The van der Waals surface area contributed by atoms with Crippen LogP contribution in [0.15, 0.2) is 96.0 Å². The Morgan fingerprint density at radius 3 is 1.28 bits per heavy atom. The molecular weight excluding hydrogens is 791 g/mol. The smallest absolute Gasteiger partial charge is 0.0622 e. The van der Waals surface area contributed by atoms with Crippen LogP contribution in [0.3, 0.4) is 0 Å². The van der Waals surface area contributed by atoms with E-state index in [2.05, 4.69) is 138 Å². The van der Waals surface area contributed by atoms with E-state index in [0.717, 1.165) is 5.92 Å². The number of hydrogen-bond acceptors (Lipinski definition) is 1. The number of halogens is 1. The van der Waals surface area contributed by atoms with Crippen LogP contribution in [0.4, 0.5) is 0 Å². The number of nitrogens with zero attached hydrogens (tertiary/aromatic N) is 1. The van der Waals surface area contributed by atoms with Gasteiger partial charge in [-0.2, -0.15) is 6.42 Å². The molecular formula is C41H57ClFe2NPPd+4. The Labute approximate surface area is 325 Å². The second-order valence-corrected chi connectivity index (χ2v) is 15.0. The first-order valence-electron chi connectivity index (χ1n) is 17.7. The quantitative estimate of drug-likeness (QED) is 0.101. The maximum absolute atomic E-state index is 4.73. The van der Waals surface area contributed by atoms with Gasteiger partial charge in [0.05, 0.1) is 0 Å². The van der Waals surface area contributed by atoms with Crippen LogP contribution >= 0.6 is 17.5 Å². The van der Waals surface area contributed by atoms with E-state index in [1.54, 1.807) is 0 Å². The number of aliphatic imine (C=N–C) groups is 1. The largest absolute Gasteiger partial charge is 2.00 e. The second kappa shape index (κ2) is 29.5. The molecule has 0 amide bonds. The summed E-state index contributed by atoms with van der Waals surface area (Å²) < 4.78 is 0. The molecule has 1 nitrogen and oxygen atoms in total. The SMILES string of the molecule is C1CCCC1.C1CCCC1.C[C@H](N=CC1[CH-]CCC1)C1CCCC1.[Cl][Pd+].[Fe+2].[Fe+2].c1ccc(P(c2ccccc2)c2ccccc2)cc1. The van der Waals surface area contributed by atoms with E-state index in [1.165, 1.54) is 125 Å². The van der Waals surface area contributed by atoms with Crippen LogP contribution < -0.4 is 15.9 Å². The molecule has 2 atom stereocenters. The fourth-order valence-electron chi connectivity index (χ4n) is 6.69. The third-order valence-electron chi connectivity index (χ3n) is 9.35. The van der Waals surface area contributed by atoms with E-state index in [9.17, 15) is 0 Å². The van der Waals surface area contributed by atoms with Crippen molar-refractivity contribution in [2.24, 2.45) is 16.8 Å². The summed E-state index contributed by atoms with van der Waals surface area (Å²) in [5, 5.41) is 4.19. The van der Waals surface area contributed by atoms with Crippen molar-refractivity contribution in [1.82, 2.24) is 0 Å². The third-order valence-corrected chi connectivity index (χ3v) is 11.8. The molecule has 3 aromatic carbocycles. The van der Waals surface area contributed by atoms with Gasteiger partial charge in [0.25, 0.3) is 0 Å². The van der Waals surface area contributed by atoms with Crippen molar-refractivity contribution in [1.29, 1.82) is 0 Å². The Morgan fingerprint density at radius 1 is 0.596 bits per heavy atom. The fraction of sp³-hybridized carbons (Fsp3) is 0.512. The van der Waals surface area contributed by atoms with Crippen LogP contribution in [0, 0.1) is 18.3 Å². The van der Waals surface area contributed by atoms with Crippen molar-refractivity contribution in [3.05, 3.63) is 97.4 Å². The minimum atomic E-state index is -0.446. The van der Waals surface area contributed by atoms with Crippen LogP contribution in [0.25, 0.3) is 0 Å². The van der Waals surface area contributed by atoms with Crippen molar-refractivity contribution >= 4 is 39.6 Å². The van der Waals surface area contributed by atoms with Gasteiger partial charge in [0.15, 0.2) is 0 Å². The molecule has 4 fully saturated rings. The van der Waals surface area contributed by atoms with Crippen LogP contribution in [-0.2, 0) is 52.3 Å². The Balaban J connectivity index is 0.000000344. The normalized spacial score (nSPS) is 19.0. The molecule has 0 saturated heterocycles. The van der Waals surface area contributed by atoms with E-state index in [4.69, 9.17) is 4.99 Å². The Morgan fingerprint density at radius 2 is 0.957 bits per heavy atom. The molecule has 260 valence electrons. The summed E-state index contributed by atoms with van der Waals surface area (Å²) in [6.07, 6.45) is 29.3. The first kappa shape index (κ1) is 44.8. The monoisotopic (exact) mass is 847 g/mol. The Bertz CT molecular complexity index is 999. The van der Waals surface area contributed by atoms with Gasteiger partial charge in [0, 0.05) is 6.04 Å². The van der Waals surface area contributed by atoms with E-state index >= 15 is 0 Å². The fourth-order valence-corrected chi connectivity index (χ4v) is 9.00. The molecule has 0 radical (unpaired) electrons. The van der Waals surface area contributed by atoms with E-state index < -0.39 is 7.92 Å². The molecule has 0 aromatic heterocycles. The molecule has 4 saturated carbocycles. The number of benzene rings is 3. The summed E-state index contributed by atoms with van der Waals surface area (Å²) in [5.41, 5.74) is 0. The molecule has 47 heavy (non-hydrogen) atoms. The molecule has 3 aromatic rings. The summed E-state index contributed by atoms with van der Waals surface area (Å²) in [6.45, 7) is 2.29. The molecule has 1 unspecified atom stereocenters. The maximum atomic E-state index is 4.73. The van der Waals surface area contributed by atoms with Gasteiger partial charge in [0.2, 0.25) is 0 Å². The summed E-state index contributed by atoms with van der Waals surface area (Å²) in [7, 11) is 4.04. The van der Waals surface area contributed by atoms with Crippen molar-refractivity contribution in [3.8, 4) is 0 Å². The van der Waals surface area contributed by atoms with Crippen molar-refractivity contribution in [2.45, 2.75) is 122 Å². The van der Waals surface area contributed by atoms with Gasteiger partial charge in [-0.1, -0.05) is 181 Å². The number of rotatable bonds is 6. The predicted octanol–water partition coefficient (Wildman–Crippen LogP) is 11.7. The minimum absolute atomic E-state index is 0. The molecule has 4 aliphatic carbocycles. The molecule has 4 aliphatic rings. The zero-order valence-electron chi connectivity index (χ0n) is 28.4. The molecule has 0 N–H and O–H groups in total. The first-order chi connectivity index (χ1) is 22.3. The van der Waals surface area contributed by atoms with Crippen LogP contribution in [0.2, 0.25) is 0 Å². The van der Waals surface area contributed by atoms with Gasteiger partial charge in [-0.25, -0.2) is 0 Å². The summed E-state index contributed by atoms with van der Waals surface area (Å²) in [4.78, 5) is 4.73. The van der Waals surface area contributed by atoms with Crippen molar-refractivity contribution < 1.29 is 52.3 Å². The Hall–Kier alpha value is -0.249. The van der Waals surface area contributed by atoms with Crippen molar-refractivity contribution in [3.63, 3.8) is 0 Å². The zero-order valence-corrected chi connectivity index (χ0v) is 33.8. The zero-order chi connectivity index (χ0) is 31.8. The Kier molecular flexibility index (Phi) is 28.1. The predicted molar refractivity (Wildman–Crippen MR) is 199 cm³/mol. The van der Waals surface area contributed by atoms with E-state index in [1.807, 2.05) is 0 Å². The average molecular weight is 848 g/mol. The molecule has 7 rings (SSSR count).